The summed E-state index contributed by atoms with van der Waals surface area (Å²) in [6.07, 6.45) is 1.52. The topological polar surface area (TPSA) is 51.2 Å². The molecule has 1 heterocycles. The standard InChI is InChI=1S/C13H11ClN2O2/c1-18-12-7-9(5-6-15-12)13(17)16-11-4-2-3-10(14)8-11/h2-8H,1H3,(H,16,17). The van der Waals surface area contributed by atoms with E-state index in [-0.39, 0.29) is 5.91 Å². The van der Waals surface area contributed by atoms with Gasteiger partial charge >= 0.3 is 0 Å². The van der Waals surface area contributed by atoms with Crippen molar-refractivity contribution in [1.82, 2.24) is 4.98 Å². The normalized spacial score (nSPS) is 9.89. The molecule has 0 aliphatic carbocycles. The van der Waals surface area contributed by atoms with Gasteiger partial charge in [0.15, 0.2) is 0 Å². The highest BCUT2D eigenvalue weighted by Crippen LogP contribution is 2.16. The fourth-order valence-corrected chi connectivity index (χ4v) is 1.62. The van der Waals surface area contributed by atoms with Crippen LogP contribution < -0.4 is 10.1 Å². The summed E-state index contributed by atoms with van der Waals surface area (Å²) in [5, 5.41) is 3.31. The first-order valence-electron chi connectivity index (χ1n) is 5.26. The lowest BCUT2D eigenvalue weighted by atomic mass is 10.2. The number of amides is 1. The van der Waals surface area contributed by atoms with Gasteiger partial charge in [-0.2, -0.15) is 0 Å². The van der Waals surface area contributed by atoms with Crippen LogP contribution in [-0.2, 0) is 0 Å². The van der Waals surface area contributed by atoms with Gasteiger partial charge in [0, 0.05) is 28.5 Å². The zero-order valence-corrected chi connectivity index (χ0v) is 10.4. The third-order valence-electron chi connectivity index (χ3n) is 2.29. The van der Waals surface area contributed by atoms with E-state index in [2.05, 4.69) is 10.3 Å². The summed E-state index contributed by atoms with van der Waals surface area (Å²) in [6.45, 7) is 0. The first-order chi connectivity index (χ1) is 8.69. The van der Waals surface area contributed by atoms with Crippen LogP contribution in [0.3, 0.4) is 0 Å². The summed E-state index contributed by atoms with van der Waals surface area (Å²) in [5.74, 6) is 0.159. The summed E-state index contributed by atoms with van der Waals surface area (Å²) < 4.78 is 4.96. The van der Waals surface area contributed by atoms with Crippen LogP contribution in [0, 0.1) is 0 Å². The molecule has 0 unspecified atom stereocenters. The van der Waals surface area contributed by atoms with Crippen molar-refractivity contribution in [2.24, 2.45) is 0 Å². The molecule has 0 radical (unpaired) electrons. The van der Waals surface area contributed by atoms with Gasteiger partial charge in [0.25, 0.3) is 5.91 Å². The molecule has 2 aromatic rings. The predicted octanol–water partition coefficient (Wildman–Crippen LogP) is 3.00. The third kappa shape index (κ3) is 2.99. The Morgan fingerprint density at radius 2 is 2.17 bits per heavy atom. The summed E-state index contributed by atoms with van der Waals surface area (Å²) in [7, 11) is 1.50. The number of hydrogen-bond acceptors (Lipinski definition) is 3. The zero-order chi connectivity index (χ0) is 13.0. The Labute approximate surface area is 110 Å². The molecule has 5 heteroatoms. The molecule has 18 heavy (non-hydrogen) atoms. The fourth-order valence-electron chi connectivity index (χ4n) is 1.43. The average molecular weight is 263 g/mol. The molecule has 0 aliphatic rings. The van der Waals surface area contributed by atoms with Crippen molar-refractivity contribution in [2.75, 3.05) is 12.4 Å². The van der Waals surface area contributed by atoms with E-state index in [1.165, 1.54) is 13.3 Å². The van der Waals surface area contributed by atoms with Crippen LogP contribution in [0.1, 0.15) is 10.4 Å². The van der Waals surface area contributed by atoms with E-state index in [1.54, 1.807) is 36.4 Å². The van der Waals surface area contributed by atoms with Crippen LogP contribution in [0.5, 0.6) is 5.88 Å². The molecule has 1 N–H and O–H groups in total. The van der Waals surface area contributed by atoms with Crippen LogP contribution in [0.15, 0.2) is 42.6 Å². The van der Waals surface area contributed by atoms with E-state index >= 15 is 0 Å². The van der Waals surface area contributed by atoms with Gasteiger partial charge in [-0.25, -0.2) is 4.98 Å². The molecule has 1 amide bonds. The number of halogens is 1. The lowest BCUT2D eigenvalue weighted by Crippen LogP contribution is -2.12. The molecular formula is C13H11ClN2O2. The number of nitrogens with zero attached hydrogens (tertiary/aromatic N) is 1. The number of rotatable bonds is 3. The summed E-state index contributed by atoms with van der Waals surface area (Å²) >= 11 is 5.84. The minimum atomic E-state index is -0.238. The molecule has 0 aliphatic heterocycles. The number of carbonyl (C=O) groups is 1. The minimum absolute atomic E-state index is 0.238. The maximum Gasteiger partial charge on any atom is 0.255 e. The number of benzene rings is 1. The second-order valence-corrected chi connectivity index (χ2v) is 3.99. The van der Waals surface area contributed by atoms with Crippen molar-refractivity contribution in [3.05, 3.63) is 53.2 Å². The van der Waals surface area contributed by atoms with E-state index < -0.39 is 0 Å². The number of anilines is 1. The highest BCUT2D eigenvalue weighted by atomic mass is 35.5. The molecule has 2 rings (SSSR count). The second kappa shape index (κ2) is 5.51. The van der Waals surface area contributed by atoms with E-state index in [4.69, 9.17) is 16.3 Å². The summed E-state index contributed by atoms with van der Waals surface area (Å²) in [5.41, 5.74) is 1.12. The Morgan fingerprint density at radius 1 is 1.33 bits per heavy atom. The summed E-state index contributed by atoms with van der Waals surface area (Å²) in [4.78, 5) is 15.9. The Morgan fingerprint density at radius 3 is 2.89 bits per heavy atom. The average Bonchev–Trinajstić information content (AvgIpc) is 2.39. The van der Waals surface area contributed by atoms with Crippen molar-refractivity contribution < 1.29 is 9.53 Å². The Hall–Kier alpha value is -2.07. The van der Waals surface area contributed by atoms with Crippen LogP contribution in [0.4, 0.5) is 5.69 Å². The lowest BCUT2D eigenvalue weighted by molar-refractivity contribution is 0.102. The first kappa shape index (κ1) is 12.4. The van der Waals surface area contributed by atoms with Gasteiger partial charge in [-0.1, -0.05) is 17.7 Å². The van der Waals surface area contributed by atoms with Crippen molar-refractivity contribution in [3.63, 3.8) is 0 Å². The van der Waals surface area contributed by atoms with Crippen LogP contribution in [0.25, 0.3) is 0 Å². The molecule has 0 bridgehead atoms. The fraction of sp³-hybridized carbons (Fsp3) is 0.0769. The lowest BCUT2D eigenvalue weighted by Gasteiger charge is -2.06. The third-order valence-corrected chi connectivity index (χ3v) is 2.52. The van der Waals surface area contributed by atoms with Gasteiger partial charge in [-0.05, 0) is 24.3 Å². The second-order valence-electron chi connectivity index (χ2n) is 3.55. The van der Waals surface area contributed by atoms with Crippen molar-refractivity contribution >= 4 is 23.2 Å². The molecule has 1 aromatic heterocycles. The molecule has 0 saturated heterocycles. The maximum absolute atomic E-state index is 12.0. The molecule has 92 valence electrons. The van der Waals surface area contributed by atoms with Crippen molar-refractivity contribution in [3.8, 4) is 5.88 Å². The molecule has 1 aromatic carbocycles. The van der Waals surface area contributed by atoms with Gasteiger partial charge < -0.3 is 10.1 Å². The van der Waals surface area contributed by atoms with Gasteiger partial charge in [0.05, 0.1) is 7.11 Å². The molecule has 4 nitrogen and oxygen atoms in total. The van der Waals surface area contributed by atoms with E-state index in [9.17, 15) is 4.79 Å². The highest BCUT2D eigenvalue weighted by molar-refractivity contribution is 6.30. The number of pyridine rings is 1. The number of ether oxygens (including phenoxy) is 1. The molecular weight excluding hydrogens is 252 g/mol. The van der Waals surface area contributed by atoms with E-state index in [0.717, 1.165) is 0 Å². The molecule has 0 saturated carbocycles. The zero-order valence-electron chi connectivity index (χ0n) is 9.68. The Balaban J connectivity index is 2.16. The number of nitrogens with one attached hydrogen (secondary N) is 1. The van der Waals surface area contributed by atoms with Crippen LogP contribution >= 0.6 is 11.6 Å². The van der Waals surface area contributed by atoms with Crippen LogP contribution in [0.2, 0.25) is 5.02 Å². The van der Waals surface area contributed by atoms with E-state index in [0.29, 0.717) is 22.2 Å². The number of hydrogen-bond donors (Lipinski definition) is 1. The van der Waals surface area contributed by atoms with Gasteiger partial charge in [0.2, 0.25) is 5.88 Å². The Kier molecular flexibility index (Phi) is 3.79. The predicted molar refractivity (Wildman–Crippen MR) is 70.2 cm³/mol. The molecule has 0 atom stereocenters. The first-order valence-corrected chi connectivity index (χ1v) is 5.64. The van der Waals surface area contributed by atoms with Crippen molar-refractivity contribution in [1.29, 1.82) is 0 Å². The largest absolute Gasteiger partial charge is 0.481 e. The molecule has 0 fully saturated rings. The van der Waals surface area contributed by atoms with Gasteiger partial charge in [-0.15, -0.1) is 0 Å². The quantitative estimate of drug-likeness (QED) is 0.925. The summed E-state index contributed by atoms with van der Waals surface area (Å²) in [6, 6.07) is 10.1. The number of methoxy groups -OCH3 is 1. The van der Waals surface area contributed by atoms with Crippen LogP contribution in [-0.4, -0.2) is 18.0 Å². The Bertz CT molecular complexity index is 572. The number of aromatic nitrogens is 1. The maximum atomic E-state index is 12.0. The van der Waals surface area contributed by atoms with Gasteiger partial charge in [0.1, 0.15) is 0 Å². The SMILES string of the molecule is COc1cc(C(=O)Nc2cccc(Cl)c2)ccn1. The van der Waals surface area contributed by atoms with E-state index in [1.807, 2.05) is 0 Å². The highest BCUT2D eigenvalue weighted by Gasteiger charge is 2.07. The van der Waals surface area contributed by atoms with Gasteiger partial charge in [-0.3, -0.25) is 4.79 Å². The smallest absolute Gasteiger partial charge is 0.255 e. The van der Waals surface area contributed by atoms with Crippen molar-refractivity contribution in [2.45, 2.75) is 0 Å². The molecule has 0 spiro atoms. The minimum Gasteiger partial charge on any atom is -0.481 e. The number of carbonyl (C=O) groups excluding carboxylic acids is 1. The monoisotopic (exact) mass is 262 g/mol.